The first-order chi connectivity index (χ1) is 14.1. The van der Waals surface area contributed by atoms with Crippen LogP contribution in [0.15, 0.2) is 60.4 Å². The minimum atomic E-state index is -0.230. The first-order valence-electron chi connectivity index (χ1n) is 8.52. The van der Waals surface area contributed by atoms with Crippen LogP contribution in [0.2, 0.25) is 10.2 Å². The molecule has 1 amide bonds. The summed E-state index contributed by atoms with van der Waals surface area (Å²) in [5.74, 6) is 1.06. The molecule has 0 spiro atoms. The summed E-state index contributed by atoms with van der Waals surface area (Å²) in [6.45, 7) is 4.42. The Morgan fingerprint density at radius 1 is 1.24 bits per heavy atom. The Kier molecular flexibility index (Phi) is 7.51. The number of ether oxygens (including phenoxy) is 1. The summed E-state index contributed by atoms with van der Waals surface area (Å²) < 4.78 is 7.57. The average molecular weight is 450 g/mol. The number of amides is 1. The molecule has 29 heavy (non-hydrogen) atoms. The number of benzene rings is 1. The number of para-hydroxylation sites is 1. The minimum absolute atomic E-state index is 0.131. The van der Waals surface area contributed by atoms with Gasteiger partial charge in [-0.05, 0) is 24.3 Å². The largest absolute Gasteiger partial charge is 0.484 e. The Labute approximate surface area is 182 Å². The number of rotatable bonds is 9. The molecule has 150 valence electrons. The predicted molar refractivity (Wildman–Crippen MR) is 115 cm³/mol. The number of allylic oxidation sites excluding steroid dienone is 1. The number of nitrogens with zero attached hydrogens (tertiary/aromatic N) is 4. The van der Waals surface area contributed by atoms with Crippen molar-refractivity contribution >= 4 is 46.6 Å². The smallest absolute Gasteiger partial charge is 0.234 e. The van der Waals surface area contributed by atoms with E-state index in [0.717, 1.165) is 0 Å². The molecule has 0 bridgehead atoms. The molecular weight excluding hydrogens is 433 g/mol. The molecule has 0 saturated heterocycles. The summed E-state index contributed by atoms with van der Waals surface area (Å²) in [6.07, 6.45) is 3.28. The Bertz CT molecular complexity index is 1010. The summed E-state index contributed by atoms with van der Waals surface area (Å²) in [6, 6.07) is 10.6. The van der Waals surface area contributed by atoms with Crippen molar-refractivity contribution in [3.8, 4) is 5.75 Å². The third-order valence-corrected chi connectivity index (χ3v) is 5.24. The monoisotopic (exact) mass is 449 g/mol. The molecule has 10 heteroatoms. The molecule has 0 aliphatic heterocycles. The van der Waals surface area contributed by atoms with Crippen molar-refractivity contribution in [3.63, 3.8) is 0 Å². The molecule has 1 aromatic carbocycles. The number of carbonyl (C=O) groups excluding carboxylic acids is 1. The van der Waals surface area contributed by atoms with Crippen LogP contribution in [0.3, 0.4) is 0 Å². The van der Waals surface area contributed by atoms with Gasteiger partial charge in [-0.25, -0.2) is 4.98 Å². The van der Waals surface area contributed by atoms with Crippen molar-refractivity contribution in [1.82, 2.24) is 19.7 Å². The Balaban J connectivity index is 1.63. The van der Waals surface area contributed by atoms with Crippen molar-refractivity contribution in [2.24, 2.45) is 0 Å². The van der Waals surface area contributed by atoms with Crippen molar-refractivity contribution in [2.75, 3.05) is 11.1 Å². The zero-order chi connectivity index (χ0) is 20.6. The molecule has 0 atom stereocenters. The maximum atomic E-state index is 12.2. The third kappa shape index (κ3) is 5.72. The van der Waals surface area contributed by atoms with Crippen LogP contribution in [0.4, 0.5) is 5.69 Å². The number of halogens is 2. The lowest BCUT2D eigenvalue weighted by molar-refractivity contribution is -0.113. The molecule has 0 aliphatic carbocycles. The van der Waals surface area contributed by atoms with Crippen LogP contribution in [-0.2, 0) is 17.9 Å². The predicted octanol–water partition coefficient (Wildman–Crippen LogP) is 4.48. The van der Waals surface area contributed by atoms with E-state index in [-0.39, 0.29) is 23.4 Å². The van der Waals surface area contributed by atoms with Crippen LogP contribution < -0.4 is 10.1 Å². The van der Waals surface area contributed by atoms with E-state index in [9.17, 15) is 4.79 Å². The van der Waals surface area contributed by atoms with E-state index in [1.54, 1.807) is 36.5 Å². The summed E-state index contributed by atoms with van der Waals surface area (Å²) in [7, 11) is 0. The lowest BCUT2D eigenvalue weighted by Crippen LogP contribution is -2.15. The molecule has 2 aromatic heterocycles. The second kappa shape index (κ2) is 10.3. The SMILES string of the molecule is C=CCn1c(COc2ccccc2Cl)nnc1SCC(=O)Nc1cccnc1Cl. The molecule has 3 rings (SSSR count). The fourth-order valence-electron chi connectivity index (χ4n) is 2.34. The van der Waals surface area contributed by atoms with Gasteiger partial charge in [-0.1, -0.05) is 53.2 Å². The molecule has 3 aromatic rings. The molecule has 0 fully saturated rings. The van der Waals surface area contributed by atoms with Crippen LogP contribution in [0.25, 0.3) is 0 Å². The quantitative estimate of drug-likeness (QED) is 0.294. The summed E-state index contributed by atoms with van der Waals surface area (Å²) in [5.41, 5.74) is 0.459. The van der Waals surface area contributed by atoms with Crippen LogP contribution >= 0.6 is 35.0 Å². The van der Waals surface area contributed by atoms with Gasteiger partial charge in [0, 0.05) is 12.7 Å². The zero-order valence-corrected chi connectivity index (χ0v) is 17.5. The first-order valence-corrected chi connectivity index (χ1v) is 10.3. The molecule has 2 heterocycles. The second-order valence-electron chi connectivity index (χ2n) is 5.70. The van der Waals surface area contributed by atoms with E-state index in [4.69, 9.17) is 27.9 Å². The maximum absolute atomic E-state index is 12.2. The Morgan fingerprint density at radius 3 is 2.83 bits per heavy atom. The highest BCUT2D eigenvalue weighted by atomic mass is 35.5. The minimum Gasteiger partial charge on any atom is -0.484 e. The molecular formula is C19H17Cl2N5O2S. The number of pyridine rings is 1. The lowest BCUT2D eigenvalue weighted by atomic mass is 10.3. The van der Waals surface area contributed by atoms with Crippen LogP contribution in [0, 0.1) is 0 Å². The molecule has 0 saturated carbocycles. The zero-order valence-electron chi connectivity index (χ0n) is 15.2. The van der Waals surface area contributed by atoms with Gasteiger partial charge in [0.1, 0.15) is 12.4 Å². The summed E-state index contributed by atoms with van der Waals surface area (Å²) >= 11 is 13.3. The molecule has 1 N–H and O–H groups in total. The van der Waals surface area contributed by atoms with Gasteiger partial charge >= 0.3 is 0 Å². The van der Waals surface area contributed by atoms with E-state index in [0.29, 0.717) is 34.0 Å². The molecule has 0 aliphatic rings. The van der Waals surface area contributed by atoms with Crippen molar-refractivity contribution in [1.29, 1.82) is 0 Å². The number of hydrogen-bond donors (Lipinski definition) is 1. The van der Waals surface area contributed by atoms with E-state index >= 15 is 0 Å². The van der Waals surface area contributed by atoms with Crippen molar-refractivity contribution in [2.45, 2.75) is 18.3 Å². The Hall–Kier alpha value is -2.55. The summed E-state index contributed by atoms with van der Waals surface area (Å²) in [5, 5.41) is 12.4. The Morgan fingerprint density at radius 2 is 2.07 bits per heavy atom. The fraction of sp³-hybridized carbons (Fsp3) is 0.158. The van der Waals surface area contributed by atoms with Gasteiger partial charge in [0.15, 0.2) is 16.1 Å². The van der Waals surface area contributed by atoms with Gasteiger partial charge in [0.2, 0.25) is 5.91 Å². The fourth-order valence-corrected chi connectivity index (χ4v) is 3.47. The topological polar surface area (TPSA) is 81.9 Å². The highest BCUT2D eigenvalue weighted by Gasteiger charge is 2.15. The highest BCUT2D eigenvalue weighted by Crippen LogP contribution is 2.25. The maximum Gasteiger partial charge on any atom is 0.234 e. The number of aromatic nitrogens is 4. The average Bonchev–Trinajstić information content (AvgIpc) is 3.09. The normalized spacial score (nSPS) is 10.6. The first kappa shape index (κ1) is 21.2. The number of thioether (sulfide) groups is 1. The highest BCUT2D eigenvalue weighted by molar-refractivity contribution is 7.99. The lowest BCUT2D eigenvalue weighted by Gasteiger charge is -2.10. The van der Waals surface area contributed by atoms with Gasteiger partial charge in [-0.15, -0.1) is 16.8 Å². The van der Waals surface area contributed by atoms with Crippen molar-refractivity contribution < 1.29 is 9.53 Å². The second-order valence-corrected chi connectivity index (χ2v) is 7.40. The van der Waals surface area contributed by atoms with E-state index in [2.05, 4.69) is 27.1 Å². The number of anilines is 1. The van der Waals surface area contributed by atoms with Gasteiger partial charge in [-0.2, -0.15) is 0 Å². The molecule has 7 nitrogen and oxygen atoms in total. The van der Waals surface area contributed by atoms with E-state index < -0.39 is 0 Å². The van der Waals surface area contributed by atoms with E-state index in [1.165, 1.54) is 11.8 Å². The van der Waals surface area contributed by atoms with Crippen LogP contribution in [0.1, 0.15) is 5.82 Å². The van der Waals surface area contributed by atoms with Gasteiger partial charge in [-0.3, -0.25) is 9.36 Å². The number of carbonyl (C=O) groups is 1. The van der Waals surface area contributed by atoms with Gasteiger partial charge in [0.05, 0.1) is 16.5 Å². The summed E-state index contributed by atoms with van der Waals surface area (Å²) in [4.78, 5) is 16.2. The van der Waals surface area contributed by atoms with Gasteiger partial charge in [0.25, 0.3) is 0 Å². The van der Waals surface area contributed by atoms with E-state index in [1.807, 2.05) is 16.7 Å². The third-order valence-electron chi connectivity index (χ3n) is 3.66. The van der Waals surface area contributed by atoms with Crippen molar-refractivity contribution in [3.05, 3.63) is 71.3 Å². The van der Waals surface area contributed by atoms with Crippen LogP contribution in [0.5, 0.6) is 5.75 Å². The standard InChI is InChI=1S/C19H17Cl2N5O2S/c1-2-10-26-16(11-28-15-8-4-3-6-13(15)20)24-25-19(26)29-12-17(27)23-14-7-5-9-22-18(14)21/h2-9H,1,10-12H2,(H,23,27). The van der Waals surface area contributed by atoms with Crippen LogP contribution in [-0.4, -0.2) is 31.4 Å². The number of hydrogen-bond acceptors (Lipinski definition) is 6. The van der Waals surface area contributed by atoms with Gasteiger partial charge < -0.3 is 10.1 Å². The molecule has 0 radical (unpaired) electrons. The molecule has 0 unspecified atom stereocenters. The number of nitrogens with one attached hydrogen (secondary N) is 1.